The lowest BCUT2D eigenvalue weighted by Crippen LogP contribution is -2.58. The van der Waals surface area contributed by atoms with Gasteiger partial charge in [0.05, 0.1) is 19.3 Å². The van der Waals surface area contributed by atoms with Crippen LogP contribution in [0.25, 0.3) is 0 Å². The minimum Gasteiger partial charge on any atom is -0.378 e. The van der Waals surface area contributed by atoms with E-state index in [2.05, 4.69) is 4.90 Å². The van der Waals surface area contributed by atoms with E-state index in [1.807, 2.05) is 0 Å². The van der Waals surface area contributed by atoms with E-state index in [0.29, 0.717) is 11.6 Å². The van der Waals surface area contributed by atoms with Gasteiger partial charge >= 0.3 is 0 Å². The molecule has 0 aromatic carbocycles. The highest BCUT2D eigenvalue weighted by molar-refractivity contribution is 4.95. The van der Waals surface area contributed by atoms with E-state index >= 15 is 0 Å². The molecule has 0 radical (unpaired) electrons. The van der Waals surface area contributed by atoms with Crippen molar-refractivity contribution in [3.8, 4) is 0 Å². The van der Waals surface area contributed by atoms with Gasteiger partial charge in [0, 0.05) is 25.2 Å². The summed E-state index contributed by atoms with van der Waals surface area (Å²) in [5.74, 6) is 0. The first kappa shape index (κ1) is 12.9. The standard InChI is InChI=1S/C15H27NO2/c1-2-7-15(8-3-1)13-17-12-10-16(15)9-6-14-5-4-11-18-14/h14H,1-13H2. The molecule has 1 aliphatic carbocycles. The molecule has 2 aliphatic heterocycles. The van der Waals surface area contributed by atoms with E-state index in [9.17, 15) is 0 Å². The Kier molecular flexibility index (Phi) is 4.22. The lowest BCUT2D eigenvalue weighted by atomic mass is 9.80. The van der Waals surface area contributed by atoms with E-state index in [0.717, 1.165) is 26.4 Å². The van der Waals surface area contributed by atoms with Crippen LogP contribution in [0.5, 0.6) is 0 Å². The van der Waals surface area contributed by atoms with Crippen LogP contribution in [0.2, 0.25) is 0 Å². The second-order valence-electron chi connectivity index (χ2n) is 6.25. The summed E-state index contributed by atoms with van der Waals surface area (Å²) in [6.07, 6.45) is 11.2. The van der Waals surface area contributed by atoms with Gasteiger partial charge in [-0.2, -0.15) is 0 Å². The van der Waals surface area contributed by atoms with Crippen LogP contribution in [-0.2, 0) is 9.47 Å². The predicted octanol–water partition coefficient (Wildman–Crippen LogP) is 2.59. The molecule has 3 fully saturated rings. The molecule has 2 saturated heterocycles. The minimum atomic E-state index is 0.384. The molecule has 0 amide bonds. The fraction of sp³-hybridized carbons (Fsp3) is 1.00. The van der Waals surface area contributed by atoms with Gasteiger partial charge in [-0.15, -0.1) is 0 Å². The molecule has 104 valence electrons. The van der Waals surface area contributed by atoms with Crippen LogP contribution >= 0.6 is 0 Å². The van der Waals surface area contributed by atoms with Crippen molar-refractivity contribution in [3.05, 3.63) is 0 Å². The monoisotopic (exact) mass is 253 g/mol. The van der Waals surface area contributed by atoms with E-state index in [1.165, 1.54) is 57.9 Å². The van der Waals surface area contributed by atoms with Gasteiger partial charge in [-0.25, -0.2) is 0 Å². The smallest absolute Gasteiger partial charge is 0.0651 e. The van der Waals surface area contributed by atoms with Crippen LogP contribution in [0.3, 0.4) is 0 Å². The summed E-state index contributed by atoms with van der Waals surface area (Å²) >= 11 is 0. The van der Waals surface area contributed by atoms with Crippen LogP contribution in [0, 0.1) is 0 Å². The van der Waals surface area contributed by atoms with Crippen LogP contribution < -0.4 is 0 Å². The molecule has 3 heteroatoms. The second-order valence-corrected chi connectivity index (χ2v) is 6.25. The number of nitrogens with zero attached hydrogens (tertiary/aromatic N) is 1. The third kappa shape index (κ3) is 2.73. The summed E-state index contributed by atoms with van der Waals surface area (Å²) in [5, 5.41) is 0. The molecular formula is C15H27NO2. The summed E-state index contributed by atoms with van der Waals surface area (Å²) in [6.45, 7) is 5.23. The molecule has 1 unspecified atom stereocenters. The van der Waals surface area contributed by atoms with Crippen molar-refractivity contribution in [2.75, 3.05) is 32.9 Å². The van der Waals surface area contributed by atoms with Gasteiger partial charge in [0.15, 0.2) is 0 Å². The molecule has 0 bridgehead atoms. The topological polar surface area (TPSA) is 21.7 Å². The van der Waals surface area contributed by atoms with Crippen molar-refractivity contribution < 1.29 is 9.47 Å². The van der Waals surface area contributed by atoms with Crippen LogP contribution in [0.4, 0.5) is 0 Å². The molecule has 3 rings (SSSR count). The third-order valence-corrected chi connectivity index (χ3v) is 5.08. The van der Waals surface area contributed by atoms with Crippen molar-refractivity contribution in [1.29, 1.82) is 0 Å². The Labute approximate surface area is 111 Å². The molecule has 3 nitrogen and oxygen atoms in total. The quantitative estimate of drug-likeness (QED) is 0.771. The lowest BCUT2D eigenvalue weighted by Gasteiger charge is -2.49. The van der Waals surface area contributed by atoms with Crippen molar-refractivity contribution in [1.82, 2.24) is 4.90 Å². The van der Waals surface area contributed by atoms with Crippen molar-refractivity contribution in [2.45, 2.75) is 63.0 Å². The van der Waals surface area contributed by atoms with E-state index in [4.69, 9.17) is 9.47 Å². The Balaban J connectivity index is 1.56. The maximum absolute atomic E-state index is 5.79. The summed E-state index contributed by atoms with van der Waals surface area (Å²) in [5.41, 5.74) is 0.384. The average molecular weight is 253 g/mol. The van der Waals surface area contributed by atoms with Gasteiger partial charge in [0.1, 0.15) is 0 Å². The molecule has 18 heavy (non-hydrogen) atoms. The Bertz CT molecular complexity index is 249. The van der Waals surface area contributed by atoms with Crippen molar-refractivity contribution in [2.24, 2.45) is 0 Å². The molecule has 3 aliphatic rings. The number of hydrogen-bond donors (Lipinski definition) is 0. The SMILES string of the molecule is C1CCC2(CC1)COCCN2CCC1CCCO1. The highest BCUT2D eigenvalue weighted by Gasteiger charge is 2.40. The highest BCUT2D eigenvalue weighted by Crippen LogP contribution is 2.36. The largest absolute Gasteiger partial charge is 0.378 e. The Hall–Kier alpha value is -0.120. The number of hydrogen-bond acceptors (Lipinski definition) is 3. The van der Waals surface area contributed by atoms with Gasteiger partial charge in [0.2, 0.25) is 0 Å². The molecule has 1 spiro atoms. The zero-order valence-electron chi connectivity index (χ0n) is 11.5. The maximum Gasteiger partial charge on any atom is 0.0651 e. The fourth-order valence-corrected chi connectivity index (χ4v) is 3.96. The summed E-state index contributed by atoms with van der Waals surface area (Å²) < 4.78 is 11.6. The van der Waals surface area contributed by atoms with E-state index in [1.54, 1.807) is 0 Å². The van der Waals surface area contributed by atoms with Crippen LogP contribution in [-0.4, -0.2) is 49.5 Å². The zero-order chi connectivity index (χ0) is 12.3. The van der Waals surface area contributed by atoms with Gasteiger partial charge in [-0.3, -0.25) is 4.90 Å². The number of morpholine rings is 1. The summed E-state index contributed by atoms with van der Waals surface area (Å²) in [6, 6.07) is 0. The van der Waals surface area contributed by atoms with Gasteiger partial charge in [-0.05, 0) is 32.1 Å². The molecule has 1 saturated carbocycles. The molecule has 2 heterocycles. The fourth-order valence-electron chi connectivity index (χ4n) is 3.96. The Morgan fingerprint density at radius 3 is 2.72 bits per heavy atom. The predicted molar refractivity (Wildman–Crippen MR) is 71.8 cm³/mol. The Morgan fingerprint density at radius 1 is 1.06 bits per heavy atom. The lowest BCUT2D eigenvalue weighted by molar-refractivity contribution is -0.0891. The third-order valence-electron chi connectivity index (χ3n) is 5.08. The first-order valence-corrected chi connectivity index (χ1v) is 7.83. The van der Waals surface area contributed by atoms with Crippen LogP contribution in [0.1, 0.15) is 51.4 Å². The summed E-state index contributed by atoms with van der Waals surface area (Å²) in [4.78, 5) is 2.73. The highest BCUT2D eigenvalue weighted by atomic mass is 16.5. The molecule has 0 aromatic rings. The van der Waals surface area contributed by atoms with Gasteiger partial charge in [-0.1, -0.05) is 19.3 Å². The minimum absolute atomic E-state index is 0.384. The van der Waals surface area contributed by atoms with Gasteiger partial charge in [0.25, 0.3) is 0 Å². The van der Waals surface area contributed by atoms with Crippen molar-refractivity contribution in [3.63, 3.8) is 0 Å². The first-order valence-electron chi connectivity index (χ1n) is 7.83. The molecule has 0 aromatic heterocycles. The van der Waals surface area contributed by atoms with Crippen LogP contribution in [0.15, 0.2) is 0 Å². The Morgan fingerprint density at radius 2 is 1.94 bits per heavy atom. The maximum atomic E-state index is 5.79. The number of ether oxygens (including phenoxy) is 2. The average Bonchev–Trinajstić information content (AvgIpc) is 2.92. The first-order chi connectivity index (χ1) is 8.89. The second kappa shape index (κ2) is 5.89. The summed E-state index contributed by atoms with van der Waals surface area (Å²) in [7, 11) is 0. The van der Waals surface area contributed by atoms with Crippen molar-refractivity contribution >= 4 is 0 Å². The molecule has 0 N–H and O–H groups in total. The normalized spacial score (nSPS) is 33.0. The molecular weight excluding hydrogens is 226 g/mol. The zero-order valence-corrected chi connectivity index (χ0v) is 11.5. The van der Waals surface area contributed by atoms with E-state index in [-0.39, 0.29) is 0 Å². The van der Waals surface area contributed by atoms with E-state index < -0.39 is 0 Å². The number of rotatable bonds is 3. The molecule has 1 atom stereocenters. The van der Waals surface area contributed by atoms with Gasteiger partial charge < -0.3 is 9.47 Å².